The van der Waals surface area contributed by atoms with Gasteiger partial charge in [-0.1, -0.05) is 67.2 Å². The second-order valence-electron chi connectivity index (χ2n) is 11.9. The SMILES string of the molecule is CC(c1cn[nH]c1)c1cn(CC(=O)N(CC(=O)N(C)C)Cc2ccc(-c3ccc(C(F)(F)F)cc3)cc2)c(SCc2ccc(F)cc2)nc1=O. The molecule has 50 heavy (non-hydrogen) atoms. The van der Waals surface area contributed by atoms with Crippen molar-refractivity contribution in [3.8, 4) is 11.1 Å². The monoisotopic (exact) mass is 706 g/mol. The van der Waals surface area contributed by atoms with Gasteiger partial charge in [-0.2, -0.15) is 23.3 Å². The first-order valence-corrected chi connectivity index (χ1v) is 16.5. The Hall–Kier alpha value is -5.24. The Kier molecular flexibility index (Phi) is 11.2. The summed E-state index contributed by atoms with van der Waals surface area (Å²) in [6, 6.07) is 17.8. The lowest BCUT2D eigenvalue weighted by atomic mass is 9.98. The number of carbonyl (C=O) groups is 2. The van der Waals surface area contributed by atoms with Gasteiger partial charge in [-0.05, 0) is 52.1 Å². The van der Waals surface area contributed by atoms with Crippen LogP contribution in [0.2, 0.25) is 0 Å². The lowest BCUT2D eigenvalue weighted by molar-refractivity contribution is -0.140. The van der Waals surface area contributed by atoms with Crippen molar-refractivity contribution >= 4 is 23.6 Å². The van der Waals surface area contributed by atoms with Gasteiger partial charge in [0.05, 0.1) is 11.8 Å². The number of hydrogen-bond donors (Lipinski definition) is 1. The van der Waals surface area contributed by atoms with Crippen LogP contribution in [0, 0.1) is 5.82 Å². The molecule has 260 valence electrons. The fourth-order valence-corrected chi connectivity index (χ4v) is 6.00. The van der Waals surface area contributed by atoms with Crippen molar-refractivity contribution in [3.63, 3.8) is 0 Å². The lowest BCUT2D eigenvalue weighted by Gasteiger charge is -2.25. The Morgan fingerprint density at radius 1 is 0.920 bits per heavy atom. The Bertz CT molecular complexity index is 1980. The van der Waals surface area contributed by atoms with Crippen molar-refractivity contribution in [3.05, 3.63) is 135 Å². The molecule has 2 amide bonds. The second kappa shape index (κ2) is 15.5. The van der Waals surface area contributed by atoms with E-state index in [1.165, 1.54) is 45.8 Å². The average Bonchev–Trinajstić information content (AvgIpc) is 3.63. The minimum Gasteiger partial charge on any atom is -0.347 e. The summed E-state index contributed by atoms with van der Waals surface area (Å²) < 4.78 is 54.1. The quantitative estimate of drug-likeness (QED) is 0.0922. The maximum atomic E-state index is 14.0. The van der Waals surface area contributed by atoms with Crippen LogP contribution in [0.3, 0.4) is 0 Å². The van der Waals surface area contributed by atoms with Gasteiger partial charge in [0.2, 0.25) is 11.8 Å². The molecule has 5 aromatic rings. The highest BCUT2D eigenvalue weighted by Crippen LogP contribution is 2.31. The van der Waals surface area contributed by atoms with Gasteiger partial charge >= 0.3 is 6.18 Å². The van der Waals surface area contributed by atoms with Crippen LogP contribution in [0.25, 0.3) is 11.1 Å². The summed E-state index contributed by atoms with van der Waals surface area (Å²) in [7, 11) is 3.17. The van der Waals surface area contributed by atoms with Crippen molar-refractivity contribution < 1.29 is 27.2 Å². The number of nitrogens with zero attached hydrogens (tertiary/aromatic N) is 5. The third-order valence-corrected chi connectivity index (χ3v) is 9.17. The summed E-state index contributed by atoms with van der Waals surface area (Å²) in [4.78, 5) is 47.2. The molecule has 1 unspecified atom stereocenters. The molecule has 2 aromatic heterocycles. The number of aromatic amines is 1. The van der Waals surface area contributed by atoms with E-state index in [2.05, 4.69) is 15.2 Å². The Balaban J connectivity index is 1.41. The first-order valence-electron chi connectivity index (χ1n) is 15.5. The van der Waals surface area contributed by atoms with Crippen molar-refractivity contribution in [2.24, 2.45) is 0 Å². The predicted molar refractivity (Wildman–Crippen MR) is 182 cm³/mol. The van der Waals surface area contributed by atoms with Crippen LogP contribution in [0.4, 0.5) is 17.6 Å². The summed E-state index contributed by atoms with van der Waals surface area (Å²) >= 11 is 1.22. The van der Waals surface area contributed by atoms with E-state index in [4.69, 9.17) is 0 Å². The topological polar surface area (TPSA) is 104 Å². The minimum absolute atomic E-state index is 0.0651. The molecule has 0 fully saturated rings. The van der Waals surface area contributed by atoms with Gasteiger partial charge in [-0.15, -0.1) is 0 Å². The number of H-pyrrole nitrogens is 1. The summed E-state index contributed by atoms with van der Waals surface area (Å²) in [6.45, 7) is 1.43. The molecule has 0 saturated carbocycles. The molecule has 1 atom stereocenters. The number of amides is 2. The van der Waals surface area contributed by atoms with E-state index in [9.17, 15) is 31.9 Å². The first-order chi connectivity index (χ1) is 23.8. The Labute approximate surface area is 290 Å². The number of rotatable bonds is 12. The summed E-state index contributed by atoms with van der Waals surface area (Å²) in [5.41, 5.74) is 2.67. The number of benzene rings is 3. The molecular weight excluding hydrogens is 672 g/mol. The number of likely N-dealkylation sites (N-methyl/N-ethyl adjacent to an activating group) is 1. The number of alkyl halides is 3. The molecule has 0 saturated heterocycles. The fraction of sp³-hybridized carbons (Fsp3) is 0.250. The van der Waals surface area contributed by atoms with Crippen molar-refractivity contribution in [2.45, 2.75) is 43.0 Å². The Morgan fingerprint density at radius 2 is 1.54 bits per heavy atom. The molecule has 0 bridgehead atoms. The molecule has 1 N–H and O–H groups in total. The fourth-order valence-electron chi connectivity index (χ4n) is 5.08. The van der Waals surface area contributed by atoms with Crippen LogP contribution in [-0.2, 0) is 34.6 Å². The zero-order valence-corrected chi connectivity index (χ0v) is 28.3. The van der Waals surface area contributed by atoms with Crippen LogP contribution in [0.1, 0.15) is 40.7 Å². The highest BCUT2D eigenvalue weighted by atomic mass is 32.2. The molecule has 0 aliphatic carbocycles. The maximum absolute atomic E-state index is 14.0. The van der Waals surface area contributed by atoms with E-state index in [0.29, 0.717) is 28.0 Å². The number of thioether (sulfide) groups is 1. The molecule has 0 aliphatic rings. The molecule has 14 heteroatoms. The molecule has 0 radical (unpaired) electrons. The molecule has 3 aromatic carbocycles. The van der Waals surface area contributed by atoms with Crippen molar-refractivity contribution in [1.29, 1.82) is 0 Å². The zero-order chi connectivity index (χ0) is 36.0. The number of carbonyl (C=O) groups excluding carboxylic acids is 2. The third-order valence-electron chi connectivity index (χ3n) is 8.11. The van der Waals surface area contributed by atoms with Gasteiger partial charge in [0, 0.05) is 50.3 Å². The summed E-state index contributed by atoms with van der Waals surface area (Å²) in [5.74, 6) is -1.13. The molecular formula is C36H34F4N6O3S. The van der Waals surface area contributed by atoms with Crippen molar-refractivity contribution in [1.82, 2.24) is 29.5 Å². The van der Waals surface area contributed by atoms with Crippen LogP contribution in [-0.4, -0.2) is 62.0 Å². The van der Waals surface area contributed by atoms with E-state index < -0.39 is 23.2 Å². The largest absolute Gasteiger partial charge is 0.416 e. The van der Waals surface area contributed by atoms with E-state index in [1.54, 1.807) is 73.7 Å². The van der Waals surface area contributed by atoms with Crippen LogP contribution in [0.5, 0.6) is 0 Å². The highest BCUT2D eigenvalue weighted by Gasteiger charge is 2.30. The zero-order valence-electron chi connectivity index (χ0n) is 27.4. The second-order valence-corrected chi connectivity index (χ2v) is 12.8. The van der Waals surface area contributed by atoms with Gasteiger partial charge in [0.1, 0.15) is 18.9 Å². The molecule has 9 nitrogen and oxygen atoms in total. The van der Waals surface area contributed by atoms with Gasteiger partial charge < -0.3 is 14.4 Å². The number of halogens is 4. The van der Waals surface area contributed by atoms with E-state index in [0.717, 1.165) is 23.3 Å². The van der Waals surface area contributed by atoms with Gasteiger partial charge in [-0.25, -0.2) is 4.39 Å². The van der Waals surface area contributed by atoms with E-state index in [1.807, 2.05) is 6.92 Å². The standard InChI is InChI=1S/C36H34F4N6O3S/c1-23(28-16-41-42-17-28)31-19-46(35(43-34(31)49)50-22-25-6-14-30(37)15-7-25)21-33(48)45(20-32(47)44(2)3)18-24-4-8-26(9-5-24)27-10-12-29(13-11-27)36(38,39)40/h4-17,19,23H,18,20-22H2,1-3H3,(H,41,42). The maximum Gasteiger partial charge on any atom is 0.416 e. The lowest BCUT2D eigenvalue weighted by Crippen LogP contribution is -2.41. The highest BCUT2D eigenvalue weighted by molar-refractivity contribution is 7.98. The number of hydrogen-bond acceptors (Lipinski definition) is 6. The van der Waals surface area contributed by atoms with Gasteiger partial charge in [0.15, 0.2) is 5.16 Å². The van der Waals surface area contributed by atoms with E-state index >= 15 is 0 Å². The van der Waals surface area contributed by atoms with Gasteiger partial charge in [0.25, 0.3) is 5.56 Å². The smallest absolute Gasteiger partial charge is 0.347 e. The Morgan fingerprint density at radius 3 is 2.12 bits per heavy atom. The number of aromatic nitrogens is 4. The first kappa shape index (κ1) is 36.1. The summed E-state index contributed by atoms with van der Waals surface area (Å²) in [5, 5.41) is 6.98. The van der Waals surface area contributed by atoms with Crippen LogP contribution in [0.15, 0.2) is 101 Å². The predicted octanol–water partition coefficient (Wildman–Crippen LogP) is 6.35. The summed E-state index contributed by atoms with van der Waals surface area (Å²) in [6.07, 6.45) is 0.445. The van der Waals surface area contributed by atoms with Crippen LogP contribution < -0.4 is 5.56 Å². The number of nitrogens with one attached hydrogen (secondary N) is 1. The minimum atomic E-state index is -4.44. The van der Waals surface area contributed by atoms with Crippen molar-refractivity contribution in [2.75, 3.05) is 20.6 Å². The van der Waals surface area contributed by atoms with E-state index in [-0.39, 0.29) is 42.4 Å². The van der Waals surface area contributed by atoms with Crippen LogP contribution >= 0.6 is 11.8 Å². The normalized spacial score (nSPS) is 12.1. The third kappa shape index (κ3) is 9.05. The molecule has 0 spiro atoms. The average molecular weight is 707 g/mol. The molecule has 0 aliphatic heterocycles. The molecule has 5 rings (SSSR count). The van der Waals surface area contributed by atoms with Gasteiger partial charge in [-0.3, -0.25) is 19.5 Å². The molecule has 2 heterocycles.